The van der Waals surface area contributed by atoms with Crippen molar-refractivity contribution < 1.29 is 17.9 Å². The molecule has 1 aromatic heterocycles. The van der Waals surface area contributed by atoms with E-state index in [1.165, 1.54) is 0 Å². The normalized spacial score (nSPS) is 18.5. The number of ether oxygens (including phenoxy) is 1. The number of nitrogens with zero attached hydrogens (tertiary/aromatic N) is 2. The van der Waals surface area contributed by atoms with Gasteiger partial charge in [0, 0.05) is 18.8 Å². The van der Waals surface area contributed by atoms with Crippen molar-refractivity contribution in [2.24, 2.45) is 5.41 Å². The van der Waals surface area contributed by atoms with E-state index >= 15 is 0 Å². The number of rotatable bonds is 4. The maximum Gasteiger partial charge on any atom is 0.397 e. The molecule has 0 radical (unpaired) electrons. The fourth-order valence-corrected chi connectivity index (χ4v) is 1.47. The Morgan fingerprint density at radius 1 is 1.50 bits per heavy atom. The first-order chi connectivity index (χ1) is 7.47. The van der Waals surface area contributed by atoms with Crippen molar-refractivity contribution >= 4 is 0 Å². The van der Waals surface area contributed by atoms with E-state index in [2.05, 4.69) is 5.10 Å². The summed E-state index contributed by atoms with van der Waals surface area (Å²) in [5.74, 6) is 0.261. The highest BCUT2D eigenvalue weighted by Crippen LogP contribution is 2.57. The third-order valence-electron chi connectivity index (χ3n) is 2.89. The van der Waals surface area contributed by atoms with Crippen LogP contribution in [0.4, 0.5) is 13.2 Å². The molecule has 1 heterocycles. The molecule has 6 heteroatoms. The van der Waals surface area contributed by atoms with Gasteiger partial charge in [0.2, 0.25) is 5.88 Å². The van der Waals surface area contributed by atoms with Gasteiger partial charge in [-0.2, -0.15) is 13.2 Å². The predicted molar refractivity (Wildman–Crippen MR) is 51.1 cm³/mol. The molecule has 0 N–H and O–H groups in total. The van der Waals surface area contributed by atoms with Gasteiger partial charge >= 0.3 is 6.18 Å². The monoisotopic (exact) mass is 234 g/mol. The van der Waals surface area contributed by atoms with Crippen LogP contribution in [-0.4, -0.2) is 22.6 Å². The molecule has 0 aliphatic heterocycles. The Hall–Kier alpha value is -1.20. The van der Waals surface area contributed by atoms with E-state index in [9.17, 15) is 13.2 Å². The first kappa shape index (κ1) is 11.3. The molecule has 0 saturated heterocycles. The Kier molecular flexibility index (Phi) is 2.59. The van der Waals surface area contributed by atoms with Crippen LogP contribution in [0.25, 0.3) is 0 Å². The number of alkyl halides is 3. The van der Waals surface area contributed by atoms with Crippen LogP contribution in [0.1, 0.15) is 19.8 Å². The fourth-order valence-electron chi connectivity index (χ4n) is 1.47. The van der Waals surface area contributed by atoms with Crippen molar-refractivity contribution in [2.45, 2.75) is 32.5 Å². The fraction of sp³-hybridized carbons (Fsp3) is 0.700. The van der Waals surface area contributed by atoms with E-state index in [4.69, 9.17) is 4.74 Å². The minimum Gasteiger partial charge on any atom is -0.476 e. The summed E-state index contributed by atoms with van der Waals surface area (Å²) in [6.45, 7) is 2.25. The van der Waals surface area contributed by atoms with E-state index in [-0.39, 0.29) is 25.3 Å². The van der Waals surface area contributed by atoms with Crippen molar-refractivity contribution in [2.75, 3.05) is 6.61 Å². The molecule has 16 heavy (non-hydrogen) atoms. The molecule has 0 amide bonds. The van der Waals surface area contributed by atoms with Crippen LogP contribution in [0, 0.1) is 5.41 Å². The molecule has 1 aliphatic carbocycles. The molecule has 1 aromatic rings. The molecular weight excluding hydrogens is 221 g/mol. The van der Waals surface area contributed by atoms with E-state index in [0.29, 0.717) is 6.54 Å². The van der Waals surface area contributed by atoms with E-state index in [0.717, 1.165) is 0 Å². The standard InChI is InChI=1S/C10H13F3N2O/c1-2-15-6-3-8(14-15)16-7-9(4-5-9)10(11,12)13/h3,6H,2,4-5,7H2,1H3. The van der Waals surface area contributed by atoms with Crippen LogP contribution in [0.15, 0.2) is 12.3 Å². The predicted octanol–water partition coefficient (Wildman–Crippen LogP) is 2.62. The average Bonchev–Trinajstić information content (AvgIpc) is 2.88. The highest BCUT2D eigenvalue weighted by atomic mass is 19.4. The topological polar surface area (TPSA) is 27.1 Å². The number of hydrogen-bond donors (Lipinski definition) is 0. The number of hydrogen-bond acceptors (Lipinski definition) is 2. The second-order valence-electron chi connectivity index (χ2n) is 4.08. The summed E-state index contributed by atoms with van der Waals surface area (Å²) in [4.78, 5) is 0. The summed E-state index contributed by atoms with van der Waals surface area (Å²) < 4.78 is 44.4. The Morgan fingerprint density at radius 3 is 2.62 bits per heavy atom. The molecule has 1 fully saturated rings. The molecule has 1 aliphatic rings. The molecule has 0 atom stereocenters. The molecular formula is C10H13F3N2O. The van der Waals surface area contributed by atoms with Crippen molar-refractivity contribution in [3.8, 4) is 5.88 Å². The quantitative estimate of drug-likeness (QED) is 0.800. The molecule has 0 aromatic carbocycles. The lowest BCUT2D eigenvalue weighted by Gasteiger charge is -2.18. The lowest BCUT2D eigenvalue weighted by atomic mass is 10.1. The molecule has 0 bridgehead atoms. The SMILES string of the molecule is CCn1ccc(OCC2(C(F)(F)F)CC2)n1. The summed E-state index contributed by atoms with van der Waals surface area (Å²) in [5, 5.41) is 3.97. The third-order valence-corrected chi connectivity index (χ3v) is 2.89. The second-order valence-corrected chi connectivity index (χ2v) is 4.08. The van der Waals surface area contributed by atoms with Gasteiger partial charge in [-0.3, -0.25) is 4.68 Å². The van der Waals surface area contributed by atoms with Crippen molar-refractivity contribution in [3.05, 3.63) is 12.3 Å². The molecule has 0 unspecified atom stereocenters. The van der Waals surface area contributed by atoms with Crippen LogP contribution >= 0.6 is 0 Å². The molecule has 0 spiro atoms. The lowest BCUT2D eigenvalue weighted by molar-refractivity contribution is -0.194. The maximum absolute atomic E-state index is 12.6. The Bertz CT molecular complexity index is 368. The summed E-state index contributed by atoms with van der Waals surface area (Å²) in [6.07, 6.45) is -2.17. The molecule has 90 valence electrons. The van der Waals surface area contributed by atoms with Crippen LogP contribution in [0.3, 0.4) is 0 Å². The van der Waals surface area contributed by atoms with Crippen LogP contribution in [-0.2, 0) is 6.54 Å². The number of halogens is 3. The van der Waals surface area contributed by atoms with E-state index < -0.39 is 11.6 Å². The van der Waals surface area contributed by atoms with Gasteiger partial charge in [-0.05, 0) is 19.8 Å². The third kappa shape index (κ3) is 2.01. The van der Waals surface area contributed by atoms with Gasteiger partial charge in [-0.15, -0.1) is 5.10 Å². The van der Waals surface area contributed by atoms with Crippen molar-refractivity contribution in [3.63, 3.8) is 0 Å². The lowest BCUT2D eigenvalue weighted by Crippen LogP contribution is -2.30. The van der Waals surface area contributed by atoms with E-state index in [1.807, 2.05) is 6.92 Å². The minimum atomic E-state index is -4.17. The summed E-state index contributed by atoms with van der Waals surface area (Å²) in [5.41, 5.74) is -1.62. The van der Waals surface area contributed by atoms with Gasteiger partial charge in [-0.25, -0.2) is 0 Å². The zero-order valence-electron chi connectivity index (χ0n) is 8.92. The second kappa shape index (κ2) is 3.68. The molecule has 3 nitrogen and oxygen atoms in total. The summed E-state index contributed by atoms with van der Waals surface area (Å²) in [7, 11) is 0. The van der Waals surface area contributed by atoms with Gasteiger partial charge in [0.15, 0.2) is 0 Å². The zero-order valence-corrected chi connectivity index (χ0v) is 8.92. The highest BCUT2D eigenvalue weighted by molar-refractivity contribution is 5.08. The van der Waals surface area contributed by atoms with Gasteiger partial charge in [-0.1, -0.05) is 0 Å². The maximum atomic E-state index is 12.6. The Morgan fingerprint density at radius 2 is 2.19 bits per heavy atom. The molecule has 1 saturated carbocycles. The van der Waals surface area contributed by atoms with Crippen LogP contribution in [0.2, 0.25) is 0 Å². The zero-order chi connectivity index (χ0) is 11.8. The van der Waals surface area contributed by atoms with Gasteiger partial charge in [0.05, 0.1) is 0 Å². The Labute approximate surface area is 91.2 Å². The van der Waals surface area contributed by atoms with Crippen LogP contribution < -0.4 is 4.74 Å². The van der Waals surface area contributed by atoms with Gasteiger partial charge in [0.25, 0.3) is 0 Å². The largest absolute Gasteiger partial charge is 0.476 e. The summed E-state index contributed by atoms with van der Waals surface area (Å²) >= 11 is 0. The van der Waals surface area contributed by atoms with Gasteiger partial charge in [0.1, 0.15) is 12.0 Å². The smallest absolute Gasteiger partial charge is 0.397 e. The first-order valence-electron chi connectivity index (χ1n) is 5.20. The number of aryl methyl sites for hydroxylation is 1. The van der Waals surface area contributed by atoms with Gasteiger partial charge < -0.3 is 4.74 Å². The van der Waals surface area contributed by atoms with E-state index in [1.54, 1.807) is 16.9 Å². The van der Waals surface area contributed by atoms with Crippen molar-refractivity contribution in [1.82, 2.24) is 9.78 Å². The first-order valence-corrected chi connectivity index (χ1v) is 5.20. The van der Waals surface area contributed by atoms with Crippen LogP contribution in [0.5, 0.6) is 5.88 Å². The number of aromatic nitrogens is 2. The molecule has 2 rings (SSSR count). The average molecular weight is 234 g/mol. The van der Waals surface area contributed by atoms with Crippen molar-refractivity contribution in [1.29, 1.82) is 0 Å². The minimum absolute atomic E-state index is 0.158. The summed E-state index contributed by atoms with van der Waals surface area (Å²) in [6, 6.07) is 1.58. The Balaban J connectivity index is 1.93. The highest BCUT2D eigenvalue weighted by Gasteiger charge is 2.63.